The lowest BCUT2D eigenvalue weighted by molar-refractivity contribution is -0.121. The molecule has 1 fully saturated rings. The zero-order valence-electron chi connectivity index (χ0n) is 16.2. The van der Waals surface area contributed by atoms with Gasteiger partial charge < -0.3 is 10.6 Å². The fourth-order valence-electron chi connectivity index (χ4n) is 3.30. The Hall–Kier alpha value is -2.13. The molecule has 0 saturated carbocycles. The van der Waals surface area contributed by atoms with Crippen molar-refractivity contribution in [1.29, 1.82) is 0 Å². The number of benzene rings is 2. The maximum absolute atomic E-state index is 12.9. The highest BCUT2D eigenvalue weighted by atomic mass is 35.5. The van der Waals surface area contributed by atoms with E-state index in [-0.39, 0.29) is 45.8 Å². The Kier molecular flexibility index (Phi) is 7.02. The van der Waals surface area contributed by atoms with Crippen molar-refractivity contribution in [1.82, 2.24) is 4.31 Å². The van der Waals surface area contributed by atoms with Crippen LogP contribution in [0.5, 0.6) is 0 Å². The summed E-state index contributed by atoms with van der Waals surface area (Å²) in [4.78, 5) is 23.5. The SMILES string of the molecule is CC(=O)Nc1ccc(NC(=O)C2CCN(S(=O)(=O)c3c(Cl)cccc3Cl)CC2)cc1. The summed E-state index contributed by atoms with van der Waals surface area (Å²) in [6, 6.07) is 11.3. The van der Waals surface area contributed by atoms with Crippen LogP contribution in [-0.2, 0) is 19.6 Å². The van der Waals surface area contributed by atoms with Crippen molar-refractivity contribution in [3.05, 3.63) is 52.5 Å². The predicted molar refractivity (Wildman–Crippen MR) is 117 cm³/mol. The molecule has 1 aliphatic heterocycles. The summed E-state index contributed by atoms with van der Waals surface area (Å²) in [7, 11) is -3.84. The molecule has 1 saturated heterocycles. The first-order valence-corrected chi connectivity index (χ1v) is 11.5. The Labute approximate surface area is 185 Å². The molecule has 0 radical (unpaired) electrons. The zero-order valence-corrected chi connectivity index (χ0v) is 18.5. The average molecular weight is 470 g/mol. The molecule has 0 unspecified atom stereocenters. The molecule has 0 bridgehead atoms. The maximum Gasteiger partial charge on any atom is 0.246 e. The van der Waals surface area contributed by atoms with Crippen molar-refractivity contribution in [2.75, 3.05) is 23.7 Å². The van der Waals surface area contributed by atoms with Gasteiger partial charge in [0.2, 0.25) is 21.8 Å². The number of halogens is 2. The molecule has 160 valence electrons. The van der Waals surface area contributed by atoms with Gasteiger partial charge in [-0.15, -0.1) is 0 Å². The molecule has 7 nitrogen and oxygen atoms in total. The number of hydrogen-bond acceptors (Lipinski definition) is 4. The fraction of sp³-hybridized carbons (Fsp3) is 0.300. The lowest BCUT2D eigenvalue weighted by Gasteiger charge is -2.31. The maximum atomic E-state index is 12.9. The third-order valence-corrected chi connectivity index (χ3v) is 7.67. The summed E-state index contributed by atoms with van der Waals surface area (Å²) >= 11 is 12.1. The van der Waals surface area contributed by atoms with Crippen molar-refractivity contribution in [3.63, 3.8) is 0 Å². The molecule has 2 amide bonds. The summed E-state index contributed by atoms with van der Waals surface area (Å²) in [6.07, 6.45) is 0.772. The van der Waals surface area contributed by atoms with Gasteiger partial charge in [0.25, 0.3) is 0 Å². The summed E-state index contributed by atoms with van der Waals surface area (Å²) in [6.45, 7) is 1.81. The molecule has 0 aromatic heterocycles. The van der Waals surface area contributed by atoms with E-state index < -0.39 is 10.0 Å². The van der Waals surface area contributed by atoms with Gasteiger partial charge in [0.15, 0.2) is 0 Å². The van der Waals surface area contributed by atoms with Gasteiger partial charge in [0.1, 0.15) is 4.90 Å². The Morgan fingerprint density at radius 3 is 1.93 bits per heavy atom. The number of nitrogens with zero attached hydrogens (tertiary/aromatic N) is 1. The highest BCUT2D eigenvalue weighted by molar-refractivity contribution is 7.89. The van der Waals surface area contributed by atoms with E-state index in [4.69, 9.17) is 23.2 Å². The van der Waals surface area contributed by atoms with Crippen LogP contribution in [0.1, 0.15) is 19.8 Å². The predicted octanol–water partition coefficient (Wildman–Crippen LogP) is 3.99. The van der Waals surface area contributed by atoms with Crippen LogP contribution < -0.4 is 10.6 Å². The van der Waals surface area contributed by atoms with Crippen LogP contribution >= 0.6 is 23.2 Å². The van der Waals surface area contributed by atoms with Gasteiger partial charge in [-0.2, -0.15) is 4.31 Å². The van der Waals surface area contributed by atoms with Gasteiger partial charge in [-0.3, -0.25) is 9.59 Å². The second kappa shape index (κ2) is 9.34. The molecule has 0 aliphatic carbocycles. The first kappa shape index (κ1) is 22.6. The van der Waals surface area contributed by atoms with Gasteiger partial charge in [-0.25, -0.2) is 8.42 Å². The van der Waals surface area contributed by atoms with E-state index in [1.165, 1.54) is 23.4 Å². The third-order valence-electron chi connectivity index (χ3n) is 4.81. The lowest BCUT2D eigenvalue weighted by atomic mass is 9.97. The van der Waals surface area contributed by atoms with E-state index in [0.717, 1.165) is 0 Å². The molecule has 0 spiro atoms. The van der Waals surface area contributed by atoms with Crippen molar-refractivity contribution in [2.45, 2.75) is 24.7 Å². The minimum Gasteiger partial charge on any atom is -0.326 e. The number of sulfonamides is 1. The highest BCUT2D eigenvalue weighted by Gasteiger charge is 2.34. The van der Waals surface area contributed by atoms with E-state index in [0.29, 0.717) is 24.2 Å². The van der Waals surface area contributed by atoms with E-state index in [9.17, 15) is 18.0 Å². The molecule has 3 rings (SSSR count). The van der Waals surface area contributed by atoms with Crippen LogP contribution in [0.4, 0.5) is 11.4 Å². The normalized spacial score (nSPS) is 15.6. The van der Waals surface area contributed by atoms with Crippen molar-refractivity contribution < 1.29 is 18.0 Å². The molecule has 1 aliphatic rings. The molecule has 1 heterocycles. The van der Waals surface area contributed by atoms with Gasteiger partial charge >= 0.3 is 0 Å². The minimum atomic E-state index is -3.84. The van der Waals surface area contributed by atoms with E-state index in [1.807, 2.05) is 0 Å². The van der Waals surface area contributed by atoms with Crippen LogP contribution in [0.15, 0.2) is 47.4 Å². The number of nitrogens with one attached hydrogen (secondary N) is 2. The zero-order chi connectivity index (χ0) is 21.9. The number of rotatable bonds is 5. The standard InChI is InChI=1S/C20H21Cl2N3O4S/c1-13(26)23-15-5-7-16(8-6-15)24-20(27)14-9-11-25(12-10-14)30(28,29)19-17(21)3-2-4-18(19)22/h2-8,14H,9-12H2,1H3,(H,23,26)(H,24,27). The number of piperidine rings is 1. The van der Waals surface area contributed by atoms with Crippen LogP contribution in [-0.4, -0.2) is 37.6 Å². The fourth-order valence-corrected chi connectivity index (χ4v) is 5.86. The van der Waals surface area contributed by atoms with Gasteiger partial charge in [-0.1, -0.05) is 29.3 Å². The van der Waals surface area contributed by atoms with Gasteiger partial charge in [0.05, 0.1) is 10.0 Å². The monoisotopic (exact) mass is 469 g/mol. The first-order valence-electron chi connectivity index (χ1n) is 9.31. The number of hydrogen-bond donors (Lipinski definition) is 2. The number of carbonyl (C=O) groups excluding carboxylic acids is 2. The van der Waals surface area contributed by atoms with Crippen molar-refractivity contribution >= 4 is 56.4 Å². The second-order valence-electron chi connectivity index (χ2n) is 6.98. The van der Waals surface area contributed by atoms with Crippen molar-refractivity contribution in [2.24, 2.45) is 5.92 Å². The molecule has 2 aromatic rings. The second-order valence-corrected chi connectivity index (χ2v) is 9.67. The Morgan fingerprint density at radius 2 is 1.43 bits per heavy atom. The molecule has 2 N–H and O–H groups in total. The van der Waals surface area contributed by atoms with Gasteiger partial charge in [0, 0.05) is 37.3 Å². The largest absolute Gasteiger partial charge is 0.326 e. The van der Waals surface area contributed by atoms with Crippen molar-refractivity contribution in [3.8, 4) is 0 Å². The minimum absolute atomic E-state index is 0.0741. The Balaban J connectivity index is 1.61. The summed E-state index contributed by atoms with van der Waals surface area (Å²) in [5.74, 6) is -0.658. The molecular formula is C20H21Cl2N3O4S. The summed E-state index contributed by atoms with van der Waals surface area (Å²) in [5, 5.41) is 5.64. The molecule has 10 heteroatoms. The van der Waals surface area contributed by atoms with Gasteiger partial charge in [-0.05, 0) is 49.2 Å². The molecular weight excluding hydrogens is 449 g/mol. The molecule has 2 aromatic carbocycles. The Bertz CT molecular complexity index is 1030. The van der Waals surface area contributed by atoms with E-state index >= 15 is 0 Å². The number of carbonyl (C=O) groups is 2. The summed E-state index contributed by atoms with van der Waals surface area (Å²) < 4.78 is 27.2. The van der Waals surface area contributed by atoms with Crippen LogP contribution in [0.3, 0.4) is 0 Å². The van der Waals surface area contributed by atoms with Crippen LogP contribution in [0, 0.1) is 5.92 Å². The summed E-state index contributed by atoms with van der Waals surface area (Å²) in [5.41, 5.74) is 1.24. The first-order chi connectivity index (χ1) is 14.2. The quantitative estimate of drug-likeness (QED) is 0.691. The van der Waals surface area contributed by atoms with Crippen LogP contribution in [0.2, 0.25) is 10.0 Å². The Morgan fingerprint density at radius 1 is 0.933 bits per heavy atom. The lowest BCUT2D eigenvalue weighted by Crippen LogP contribution is -2.41. The van der Waals surface area contributed by atoms with E-state index in [1.54, 1.807) is 30.3 Å². The number of amides is 2. The molecule has 0 atom stereocenters. The molecule has 30 heavy (non-hydrogen) atoms. The third kappa shape index (κ3) is 5.13. The topological polar surface area (TPSA) is 95.6 Å². The highest BCUT2D eigenvalue weighted by Crippen LogP contribution is 2.33. The van der Waals surface area contributed by atoms with Crippen LogP contribution in [0.25, 0.3) is 0 Å². The smallest absolute Gasteiger partial charge is 0.246 e. The average Bonchev–Trinajstić information content (AvgIpc) is 2.69. The number of anilines is 2. The van der Waals surface area contributed by atoms with E-state index in [2.05, 4.69) is 10.6 Å².